The van der Waals surface area contributed by atoms with Crippen LogP contribution in [0.5, 0.6) is 0 Å². The van der Waals surface area contributed by atoms with Gasteiger partial charge in [-0.3, -0.25) is 0 Å². The summed E-state index contributed by atoms with van der Waals surface area (Å²) in [4.78, 5) is 0. The summed E-state index contributed by atoms with van der Waals surface area (Å²) < 4.78 is 5.36. The van der Waals surface area contributed by atoms with Gasteiger partial charge in [0.25, 0.3) is 0 Å². The van der Waals surface area contributed by atoms with Crippen LogP contribution in [-0.4, -0.2) is 11.7 Å². The minimum absolute atomic E-state index is 0.647. The molecule has 0 aliphatic rings. The van der Waals surface area contributed by atoms with Gasteiger partial charge in [0.15, 0.2) is 5.76 Å². The van der Waals surface area contributed by atoms with E-state index in [4.69, 9.17) is 4.52 Å². The molecule has 0 amide bonds. The van der Waals surface area contributed by atoms with Gasteiger partial charge in [-0.2, -0.15) is 0 Å². The first-order valence-corrected chi connectivity index (χ1v) is 6.38. The van der Waals surface area contributed by atoms with Crippen LogP contribution in [0.15, 0.2) is 34.9 Å². The Hall–Kier alpha value is -1.61. The van der Waals surface area contributed by atoms with Crippen molar-refractivity contribution in [2.24, 2.45) is 5.92 Å². The molecule has 2 aromatic rings. The molecule has 0 bridgehead atoms. The molecule has 0 atom stereocenters. The van der Waals surface area contributed by atoms with Crippen LogP contribution in [0.3, 0.4) is 0 Å². The summed E-state index contributed by atoms with van der Waals surface area (Å²) in [5.41, 5.74) is 3.27. The Morgan fingerprint density at radius 1 is 1.22 bits per heavy atom. The van der Waals surface area contributed by atoms with Gasteiger partial charge in [-0.1, -0.05) is 48.8 Å². The molecular weight excluding hydrogens is 224 g/mol. The first-order valence-electron chi connectivity index (χ1n) is 6.38. The second-order valence-electron chi connectivity index (χ2n) is 5.07. The topological polar surface area (TPSA) is 38.1 Å². The van der Waals surface area contributed by atoms with Crippen LogP contribution < -0.4 is 5.32 Å². The van der Waals surface area contributed by atoms with Crippen molar-refractivity contribution in [3.05, 3.63) is 41.6 Å². The van der Waals surface area contributed by atoms with Crippen LogP contribution in [0.1, 0.15) is 25.1 Å². The largest absolute Gasteiger partial charge is 0.356 e. The van der Waals surface area contributed by atoms with Gasteiger partial charge < -0.3 is 9.84 Å². The molecule has 0 fully saturated rings. The number of hydrogen-bond donors (Lipinski definition) is 1. The van der Waals surface area contributed by atoms with E-state index >= 15 is 0 Å². The van der Waals surface area contributed by atoms with Crippen molar-refractivity contribution in [3.63, 3.8) is 0 Å². The van der Waals surface area contributed by atoms with E-state index in [-0.39, 0.29) is 0 Å². The van der Waals surface area contributed by atoms with Gasteiger partial charge in [0.2, 0.25) is 0 Å². The van der Waals surface area contributed by atoms with E-state index in [0.717, 1.165) is 30.1 Å². The summed E-state index contributed by atoms with van der Waals surface area (Å²) in [6.07, 6.45) is 0. The SMILES string of the molecule is Cc1ccc(-c2cc(CNCC(C)C)no2)cc1. The Balaban J connectivity index is 1.99. The molecule has 0 saturated heterocycles. The maximum absolute atomic E-state index is 5.36. The highest BCUT2D eigenvalue weighted by Crippen LogP contribution is 2.20. The third-order valence-corrected chi connectivity index (χ3v) is 2.75. The second-order valence-corrected chi connectivity index (χ2v) is 5.07. The molecule has 1 N–H and O–H groups in total. The van der Waals surface area contributed by atoms with Crippen LogP contribution in [0, 0.1) is 12.8 Å². The zero-order valence-electron chi connectivity index (χ0n) is 11.2. The summed E-state index contributed by atoms with van der Waals surface area (Å²) >= 11 is 0. The van der Waals surface area contributed by atoms with Crippen molar-refractivity contribution >= 4 is 0 Å². The van der Waals surface area contributed by atoms with Crippen molar-refractivity contribution in [2.75, 3.05) is 6.54 Å². The molecule has 1 heterocycles. The number of nitrogens with one attached hydrogen (secondary N) is 1. The molecule has 1 aromatic heterocycles. The number of aromatic nitrogens is 1. The zero-order chi connectivity index (χ0) is 13.0. The first kappa shape index (κ1) is 12.8. The van der Waals surface area contributed by atoms with Crippen molar-refractivity contribution in [2.45, 2.75) is 27.3 Å². The predicted molar refractivity (Wildman–Crippen MR) is 73.2 cm³/mol. The maximum Gasteiger partial charge on any atom is 0.167 e. The Bertz CT molecular complexity index is 485. The number of benzene rings is 1. The molecule has 96 valence electrons. The molecular formula is C15H20N2O. The van der Waals surface area contributed by atoms with Crippen molar-refractivity contribution in [1.82, 2.24) is 10.5 Å². The van der Waals surface area contributed by atoms with E-state index in [1.807, 2.05) is 6.07 Å². The highest BCUT2D eigenvalue weighted by atomic mass is 16.5. The molecule has 1 aromatic carbocycles. The van der Waals surface area contributed by atoms with Gasteiger partial charge in [0.1, 0.15) is 0 Å². The highest BCUT2D eigenvalue weighted by Gasteiger charge is 2.06. The summed E-state index contributed by atoms with van der Waals surface area (Å²) in [6, 6.07) is 10.3. The fourth-order valence-electron chi connectivity index (χ4n) is 1.74. The lowest BCUT2D eigenvalue weighted by Crippen LogP contribution is -2.18. The van der Waals surface area contributed by atoms with Gasteiger partial charge in [-0.15, -0.1) is 0 Å². The van der Waals surface area contributed by atoms with E-state index in [1.165, 1.54) is 5.56 Å². The Morgan fingerprint density at radius 2 is 1.94 bits per heavy atom. The van der Waals surface area contributed by atoms with Crippen molar-refractivity contribution < 1.29 is 4.52 Å². The lowest BCUT2D eigenvalue weighted by Gasteiger charge is -2.04. The van der Waals surface area contributed by atoms with Crippen LogP contribution in [0.4, 0.5) is 0 Å². The molecule has 0 aliphatic heterocycles. The lowest BCUT2D eigenvalue weighted by molar-refractivity contribution is 0.418. The highest BCUT2D eigenvalue weighted by molar-refractivity contribution is 5.57. The summed E-state index contributed by atoms with van der Waals surface area (Å²) in [5, 5.41) is 7.43. The number of nitrogens with zero attached hydrogens (tertiary/aromatic N) is 1. The molecule has 0 radical (unpaired) electrons. The smallest absolute Gasteiger partial charge is 0.167 e. The van der Waals surface area contributed by atoms with Gasteiger partial charge in [-0.05, 0) is 19.4 Å². The summed E-state index contributed by atoms with van der Waals surface area (Å²) in [6.45, 7) is 8.20. The fourth-order valence-corrected chi connectivity index (χ4v) is 1.74. The summed E-state index contributed by atoms with van der Waals surface area (Å²) in [7, 11) is 0. The van der Waals surface area contributed by atoms with E-state index < -0.39 is 0 Å². The molecule has 0 saturated carbocycles. The third-order valence-electron chi connectivity index (χ3n) is 2.75. The Morgan fingerprint density at radius 3 is 2.61 bits per heavy atom. The zero-order valence-corrected chi connectivity index (χ0v) is 11.2. The maximum atomic E-state index is 5.36. The minimum Gasteiger partial charge on any atom is -0.356 e. The second kappa shape index (κ2) is 5.83. The lowest BCUT2D eigenvalue weighted by atomic mass is 10.1. The van der Waals surface area contributed by atoms with Crippen LogP contribution >= 0.6 is 0 Å². The van der Waals surface area contributed by atoms with Gasteiger partial charge in [0, 0.05) is 18.2 Å². The number of rotatable bonds is 5. The Labute approximate surface area is 108 Å². The van der Waals surface area contributed by atoms with E-state index in [0.29, 0.717) is 5.92 Å². The Kier molecular flexibility index (Phi) is 4.15. The normalized spacial score (nSPS) is 11.1. The molecule has 0 aliphatic carbocycles. The monoisotopic (exact) mass is 244 g/mol. The summed E-state index contributed by atoms with van der Waals surface area (Å²) in [5.74, 6) is 1.48. The molecule has 2 rings (SSSR count). The molecule has 18 heavy (non-hydrogen) atoms. The molecule has 0 unspecified atom stereocenters. The van der Waals surface area contributed by atoms with Gasteiger partial charge in [-0.25, -0.2) is 0 Å². The molecule has 3 nitrogen and oxygen atoms in total. The average molecular weight is 244 g/mol. The van der Waals surface area contributed by atoms with Crippen LogP contribution in [0.2, 0.25) is 0 Å². The molecule has 0 spiro atoms. The van der Waals surface area contributed by atoms with E-state index in [1.54, 1.807) is 0 Å². The molecule has 3 heteroatoms. The van der Waals surface area contributed by atoms with Gasteiger partial charge in [0.05, 0.1) is 5.69 Å². The standard InChI is InChI=1S/C15H20N2O/c1-11(2)9-16-10-14-8-15(18-17-14)13-6-4-12(3)5-7-13/h4-8,11,16H,9-10H2,1-3H3. The first-order chi connectivity index (χ1) is 8.65. The minimum atomic E-state index is 0.647. The fraction of sp³-hybridized carbons (Fsp3) is 0.400. The number of aryl methyl sites for hydroxylation is 1. The van der Waals surface area contributed by atoms with Crippen LogP contribution in [0.25, 0.3) is 11.3 Å². The van der Waals surface area contributed by atoms with E-state index in [9.17, 15) is 0 Å². The van der Waals surface area contributed by atoms with Crippen LogP contribution in [-0.2, 0) is 6.54 Å². The average Bonchev–Trinajstić information content (AvgIpc) is 2.78. The quantitative estimate of drug-likeness (QED) is 0.876. The third kappa shape index (κ3) is 3.44. The number of hydrogen-bond acceptors (Lipinski definition) is 3. The van der Waals surface area contributed by atoms with Crippen molar-refractivity contribution in [1.29, 1.82) is 0 Å². The predicted octanol–water partition coefficient (Wildman–Crippen LogP) is 3.40. The van der Waals surface area contributed by atoms with E-state index in [2.05, 4.69) is 55.5 Å². The van der Waals surface area contributed by atoms with Gasteiger partial charge >= 0.3 is 0 Å². The van der Waals surface area contributed by atoms with Crippen molar-refractivity contribution in [3.8, 4) is 11.3 Å².